The maximum atomic E-state index is 11.9. The first-order valence-electron chi connectivity index (χ1n) is 6.94. The highest BCUT2D eigenvalue weighted by Gasteiger charge is 2.17. The van der Waals surface area contributed by atoms with Crippen molar-refractivity contribution in [2.24, 2.45) is 5.92 Å². The zero-order valence-electron chi connectivity index (χ0n) is 12.4. The van der Waals surface area contributed by atoms with Crippen molar-refractivity contribution in [1.29, 1.82) is 0 Å². The van der Waals surface area contributed by atoms with E-state index in [0.29, 0.717) is 25.0 Å². The van der Waals surface area contributed by atoms with Crippen molar-refractivity contribution in [3.05, 3.63) is 30.1 Å². The quantitative estimate of drug-likeness (QED) is 0.819. The highest BCUT2D eigenvalue weighted by atomic mass is 16.2. The number of pyridine rings is 1. The number of carbonyl (C=O) groups excluding carboxylic acids is 1. The Morgan fingerprint density at radius 2 is 2.16 bits per heavy atom. The normalized spacial score (nSPS) is 12.7. The third kappa shape index (κ3) is 5.39. The molecule has 1 aromatic rings. The van der Waals surface area contributed by atoms with Gasteiger partial charge in [0.1, 0.15) is 0 Å². The van der Waals surface area contributed by atoms with E-state index in [0.717, 1.165) is 12.1 Å². The second-order valence-electron chi connectivity index (χ2n) is 5.19. The Morgan fingerprint density at radius 1 is 1.42 bits per heavy atom. The van der Waals surface area contributed by atoms with Gasteiger partial charge in [-0.1, -0.05) is 26.8 Å². The molecular formula is C15H25N3O. The maximum absolute atomic E-state index is 11.9. The van der Waals surface area contributed by atoms with Gasteiger partial charge in [0.05, 0.1) is 6.54 Å². The standard InChI is InChI=1S/C15H25N3O/c1-5-18(13(4)12(2)3)11-15(19)17-10-14-7-6-8-16-9-14/h6-9,12-13H,5,10-11H2,1-4H3,(H,17,19)/t13-/m1/s1. The molecule has 0 saturated carbocycles. The molecule has 106 valence electrons. The van der Waals surface area contributed by atoms with Crippen molar-refractivity contribution in [3.8, 4) is 0 Å². The van der Waals surface area contributed by atoms with E-state index in [1.165, 1.54) is 0 Å². The Morgan fingerprint density at radius 3 is 2.68 bits per heavy atom. The lowest BCUT2D eigenvalue weighted by molar-refractivity contribution is -0.123. The molecule has 0 aliphatic rings. The van der Waals surface area contributed by atoms with Crippen LogP contribution in [-0.2, 0) is 11.3 Å². The number of rotatable bonds is 7. The molecule has 1 heterocycles. The number of nitrogens with zero attached hydrogens (tertiary/aromatic N) is 2. The van der Waals surface area contributed by atoms with Gasteiger partial charge in [0.25, 0.3) is 0 Å². The molecule has 1 aromatic heterocycles. The van der Waals surface area contributed by atoms with Gasteiger partial charge in [0.15, 0.2) is 0 Å². The highest BCUT2D eigenvalue weighted by molar-refractivity contribution is 5.78. The number of carbonyl (C=O) groups is 1. The molecule has 0 spiro atoms. The molecule has 4 heteroatoms. The molecule has 1 amide bonds. The average molecular weight is 263 g/mol. The van der Waals surface area contributed by atoms with Crippen LogP contribution in [-0.4, -0.2) is 34.9 Å². The fourth-order valence-electron chi connectivity index (χ4n) is 1.91. The van der Waals surface area contributed by atoms with E-state index in [-0.39, 0.29) is 5.91 Å². The molecule has 0 fully saturated rings. The van der Waals surface area contributed by atoms with Gasteiger partial charge in [-0.3, -0.25) is 14.7 Å². The van der Waals surface area contributed by atoms with Gasteiger partial charge < -0.3 is 5.32 Å². The summed E-state index contributed by atoms with van der Waals surface area (Å²) in [5.41, 5.74) is 1.02. The van der Waals surface area contributed by atoms with Crippen LogP contribution in [0.15, 0.2) is 24.5 Å². The summed E-state index contributed by atoms with van der Waals surface area (Å²) in [5.74, 6) is 0.615. The first-order chi connectivity index (χ1) is 9.04. The van der Waals surface area contributed by atoms with Crippen LogP contribution in [0.5, 0.6) is 0 Å². The first-order valence-corrected chi connectivity index (χ1v) is 6.94. The van der Waals surface area contributed by atoms with Gasteiger partial charge in [-0.15, -0.1) is 0 Å². The lowest BCUT2D eigenvalue weighted by atomic mass is 10.0. The second kappa shape index (κ2) is 7.89. The van der Waals surface area contributed by atoms with E-state index >= 15 is 0 Å². The Hall–Kier alpha value is -1.42. The number of nitrogens with one attached hydrogen (secondary N) is 1. The monoisotopic (exact) mass is 263 g/mol. The molecular weight excluding hydrogens is 238 g/mol. The predicted molar refractivity (Wildman–Crippen MR) is 77.6 cm³/mol. The van der Waals surface area contributed by atoms with Crippen LogP contribution in [0, 0.1) is 5.92 Å². The largest absolute Gasteiger partial charge is 0.351 e. The van der Waals surface area contributed by atoms with E-state index in [2.05, 4.69) is 42.9 Å². The lowest BCUT2D eigenvalue weighted by Crippen LogP contribution is -2.43. The summed E-state index contributed by atoms with van der Waals surface area (Å²) in [6.45, 7) is 10.5. The summed E-state index contributed by atoms with van der Waals surface area (Å²) in [4.78, 5) is 18.2. The van der Waals surface area contributed by atoms with Crippen molar-refractivity contribution in [2.75, 3.05) is 13.1 Å². The maximum Gasteiger partial charge on any atom is 0.234 e. The van der Waals surface area contributed by atoms with Crippen molar-refractivity contribution in [3.63, 3.8) is 0 Å². The van der Waals surface area contributed by atoms with E-state index in [9.17, 15) is 4.79 Å². The summed E-state index contributed by atoms with van der Waals surface area (Å²) in [6.07, 6.45) is 3.50. The van der Waals surface area contributed by atoms with E-state index in [1.54, 1.807) is 12.4 Å². The van der Waals surface area contributed by atoms with Crippen LogP contribution < -0.4 is 5.32 Å². The minimum Gasteiger partial charge on any atom is -0.351 e. The molecule has 1 rings (SSSR count). The molecule has 1 atom stereocenters. The smallest absolute Gasteiger partial charge is 0.234 e. The minimum atomic E-state index is 0.0678. The summed E-state index contributed by atoms with van der Waals surface area (Å²) in [7, 11) is 0. The minimum absolute atomic E-state index is 0.0678. The van der Waals surface area contributed by atoms with Crippen LogP contribution in [0.2, 0.25) is 0 Å². The van der Waals surface area contributed by atoms with Gasteiger partial charge in [0.2, 0.25) is 5.91 Å². The molecule has 0 aromatic carbocycles. The van der Waals surface area contributed by atoms with Crippen LogP contribution in [0.1, 0.15) is 33.3 Å². The van der Waals surface area contributed by atoms with Crippen LogP contribution in [0.4, 0.5) is 0 Å². The van der Waals surface area contributed by atoms with Crippen molar-refractivity contribution >= 4 is 5.91 Å². The van der Waals surface area contributed by atoms with Crippen LogP contribution >= 0.6 is 0 Å². The molecule has 19 heavy (non-hydrogen) atoms. The van der Waals surface area contributed by atoms with Gasteiger partial charge in [-0.25, -0.2) is 0 Å². The summed E-state index contributed by atoms with van der Waals surface area (Å²) in [6, 6.07) is 4.25. The first kappa shape index (κ1) is 15.6. The molecule has 0 unspecified atom stereocenters. The van der Waals surface area contributed by atoms with E-state index < -0.39 is 0 Å². The summed E-state index contributed by atoms with van der Waals surface area (Å²) in [5, 5.41) is 2.94. The number of hydrogen-bond donors (Lipinski definition) is 1. The predicted octanol–water partition coefficient (Wildman–Crippen LogP) is 2.06. The molecule has 0 bridgehead atoms. The van der Waals surface area contributed by atoms with Crippen molar-refractivity contribution < 1.29 is 4.79 Å². The topological polar surface area (TPSA) is 45.2 Å². The SMILES string of the molecule is CCN(CC(=O)NCc1cccnc1)[C@H](C)C(C)C. The Bertz CT molecular complexity index is 378. The Kier molecular flexibility index (Phi) is 6.50. The lowest BCUT2D eigenvalue weighted by Gasteiger charge is -2.30. The molecule has 0 radical (unpaired) electrons. The van der Waals surface area contributed by atoms with Crippen LogP contribution in [0.3, 0.4) is 0 Å². The molecule has 1 N–H and O–H groups in total. The molecule has 4 nitrogen and oxygen atoms in total. The second-order valence-corrected chi connectivity index (χ2v) is 5.19. The third-order valence-corrected chi connectivity index (χ3v) is 3.51. The van der Waals surface area contributed by atoms with Gasteiger partial charge in [0, 0.05) is 25.0 Å². The highest BCUT2D eigenvalue weighted by Crippen LogP contribution is 2.09. The van der Waals surface area contributed by atoms with E-state index in [4.69, 9.17) is 0 Å². The number of hydrogen-bond acceptors (Lipinski definition) is 3. The van der Waals surface area contributed by atoms with Crippen LogP contribution in [0.25, 0.3) is 0 Å². The third-order valence-electron chi connectivity index (χ3n) is 3.51. The van der Waals surface area contributed by atoms with Crippen molar-refractivity contribution in [2.45, 2.75) is 40.3 Å². The summed E-state index contributed by atoms with van der Waals surface area (Å²) < 4.78 is 0. The zero-order valence-corrected chi connectivity index (χ0v) is 12.4. The fourth-order valence-corrected chi connectivity index (χ4v) is 1.91. The number of likely N-dealkylation sites (N-methyl/N-ethyl adjacent to an activating group) is 1. The fraction of sp³-hybridized carbons (Fsp3) is 0.600. The van der Waals surface area contributed by atoms with Gasteiger partial charge in [-0.2, -0.15) is 0 Å². The molecule has 0 saturated heterocycles. The Labute approximate surface area is 116 Å². The average Bonchev–Trinajstić information content (AvgIpc) is 2.42. The molecule has 0 aliphatic carbocycles. The number of aromatic nitrogens is 1. The van der Waals surface area contributed by atoms with Gasteiger partial charge >= 0.3 is 0 Å². The van der Waals surface area contributed by atoms with Crippen molar-refractivity contribution in [1.82, 2.24) is 15.2 Å². The molecule has 0 aliphatic heterocycles. The van der Waals surface area contributed by atoms with E-state index in [1.807, 2.05) is 12.1 Å². The zero-order chi connectivity index (χ0) is 14.3. The number of amides is 1. The van der Waals surface area contributed by atoms with Gasteiger partial charge in [-0.05, 0) is 31.0 Å². The Balaban J connectivity index is 2.41. The summed E-state index contributed by atoms with van der Waals surface area (Å²) >= 11 is 0.